The van der Waals surface area contributed by atoms with E-state index in [1.807, 2.05) is 0 Å². The van der Waals surface area contributed by atoms with Crippen LogP contribution in [-0.2, 0) is 19.6 Å². The number of rotatable bonds is 7. The Morgan fingerprint density at radius 3 is 2.48 bits per heavy atom. The van der Waals surface area contributed by atoms with E-state index in [-0.39, 0.29) is 30.0 Å². The van der Waals surface area contributed by atoms with Crippen LogP contribution in [0.2, 0.25) is 0 Å². The van der Waals surface area contributed by atoms with Gasteiger partial charge >= 0.3 is 5.97 Å². The van der Waals surface area contributed by atoms with Crippen LogP contribution in [0.25, 0.3) is 0 Å². The van der Waals surface area contributed by atoms with Crippen LogP contribution in [-0.4, -0.2) is 54.9 Å². The van der Waals surface area contributed by atoms with Gasteiger partial charge in [0.25, 0.3) is 5.91 Å². The first-order valence-electron chi connectivity index (χ1n) is 8.15. The van der Waals surface area contributed by atoms with Gasteiger partial charge in [-0.15, -0.1) is 0 Å². The number of carboxylic acids is 1. The summed E-state index contributed by atoms with van der Waals surface area (Å²) in [6, 6.07) is 4.88. The van der Waals surface area contributed by atoms with E-state index in [0.717, 1.165) is 17.1 Å². The Morgan fingerprint density at radius 2 is 1.88 bits per heavy atom. The van der Waals surface area contributed by atoms with Gasteiger partial charge in [-0.1, -0.05) is 0 Å². The molecule has 1 amide bonds. The normalized spacial score (nSPS) is 21.0. The smallest absolute Gasteiger partial charge is 0.322 e. The van der Waals surface area contributed by atoms with Crippen molar-refractivity contribution in [2.45, 2.75) is 42.7 Å². The van der Waals surface area contributed by atoms with Gasteiger partial charge in [0.05, 0.1) is 4.90 Å². The van der Waals surface area contributed by atoms with Crippen molar-refractivity contribution in [1.29, 1.82) is 0 Å². The second-order valence-corrected chi connectivity index (χ2v) is 8.10. The molecular formula is C16H20N2O6S. The molecule has 2 aliphatic rings. The van der Waals surface area contributed by atoms with E-state index in [1.165, 1.54) is 24.3 Å². The molecule has 1 heterocycles. The number of hydrogen-bond acceptors (Lipinski definition) is 5. The Bertz CT molecular complexity index is 757. The van der Waals surface area contributed by atoms with E-state index in [9.17, 15) is 18.0 Å². The zero-order valence-corrected chi connectivity index (χ0v) is 14.4. The number of aliphatic carboxylic acids is 1. The van der Waals surface area contributed by atoms with Crippen molar-refractivity contribution in [2.75, 3.05) is 13.2 Å². The van der Waals surface area contributed by atoms with Crippen molar-refractivity contribution in [3.05, 3.63) is 24.3 Å². The number of amides is 1. The van der Waals surface area contributed by atoms with Gasteiger partial charge in [-0.2, -0.15) is 4.31 Å². The van der Waals surface area contributed by atoms with Crippen LogP contribution >= 0.6 is 0 Å². The summed E-state index contributed by atoms with van der Waals surface area (Å²) in [6.45, 7) is 0.0642. The van der Waals surface area contributed by atoms with Gasteiger partial charge in [0.2, 0.25) is 10.0 Å². The van der Waals surface area contributed by atoms with Crippen LogP contribution in [0.5, 0.6) is 5.75 Å². The number of nitrogens with zero attached hydrogens (tertiary/aromatic N) is 1. The molecule has 1 aliphatic carbocycles. The van der Waals surface area contributed by atoms with Crippen LogP contribution in [0.4, 0.5) is 0 Å². The lowest BCUT2D eigenvalue weighted by Gasteiger charge is -2.21. The van der Waals surface area contributed by atoms with E-state index >= 15 is 0 Å². The van der Waals surface area contributed by atoms with E-state index in [4.69, 9.17) is 9.84 Å². The summed E-state index contributed by atoms with van der Waals surface area (Å²) in [5.74, 6) is -0.968. The predicted molar refractivity (Wildman–Crippen MR) is 87.7 cm³/mol. The third-order valence-electron chi connectivity index (χ3n) is 4.23. The van der Waals surface area contributed by atoms with Crippen molar-refractivity contribution in [3.8, 4) is 5.75 Å². The zero-order chi connectivity index (χ0) is 18.0. The van der Waals surface area contributed by atoms with Crippen molar-refractivity contribution in [1.82, 2.24) is 9.62 Å². The highest BCUT2D eigenvalue weighted by Gasteiger charge is 2.39. The summed E-state index contributed by atoms with van der Waals surface area (Å²) >= 11 is 0. The summed E-state index contributed by atoms with van der Waals surface area (Å²) in [6.07, 6.45) is 2.82. The average molecular weight is 368 g/mol. The van der Waals surface area contributed by atoms with Gasteiger partial charge in [0.15, 0.2) is 6.61 Å². The Balaban J connectivity index is 1.64. The maximum Gasteiger partial charge on any atom is 0.322 e. The number of carbonyl (C=O) groups excluding carboxylic acids is 1. The third-order valence-corrected chi connectivity index (χ3v) is 6.15. The topological polar surface area (TPSA) is 113 Å². The van der Waals surface area contributed by atoms with E-state index in [2.05, 4.69) is 5.32 Å². The highest BCUT2D eigenvalue weighted by molar-refractivity contribution is 7.89. The van der Waals surface area contributed by atoms with E-state index < -0.39 is 22.0 Å². The van der Waals surface area contributed by atoms with E-state index in [1.54, 1.807) is 0 Å². The fourth-order valence-corrected chi connectivity index (χ4v) is 4.41. The monoisotopic (exact) mass is 368 g/mol. The van der Waals surface area contributed by atoms with Crippen molar-refractivity contribution >= 4 is 21.9 Å². The van der Waals surface area contributed by atoms with Gasteiger partial charge in [0, 0.05) is 12.6 Å². The minimum absolute atomic E-state index is 0.00966. The number of carboxylic acid groups (broad SMARTS) is 1. The Morgan fingerprint density at radius 1 is 1.20 bits per heavy atom. The molecule has 1 saturated heterocycles. The molecule has 0 radical (unpaired) electrons. The molecule has 0 unspecified atom stereocenters. The number of sulfonamides is 1. The number of benzene rings is 1. The van der Waals surface area contributed by atoms with Gasteiger partial charge in [0.1, 0.15) is 11.8 Å². The van der Waals surface area contributed by atoms with Gasteiger partial charge in [-0.05, 0) is 49.9 Å². The molecule has 9 heteroatoms. The molecule has 1 saturated carbocycles. The Kier molecular flexibility index (Phi) is 4.96. The predicted octanol–water partition coefficient (Wildman–Crippen LogP) is 0.582. The third kappa shape index (κ3) is 4.10. The van der Waals surface area contributed by atoms with Crippen LogP contribution in [0.3, 0.4) is 0 Å². The first-order valence-corrected chi connectivity index (χ1v) is 9.59. The largest absolute Gasteiger partial charge is 0.484 e. The molecule has 1 aliphatic heterocycles. The molecule has 0 bridgehead atoms. The second kappa shape index (κ2) is 7.01. The second-order valence-electron chi connectivity index (χ2n) is 6.21. The quantitative estimate of drug-likeness (QED) is 0.728. The van der Waals surface area contributed by atoms with Crippen molar-refractivity contribution < 1.29 is 27.9 Å². The lowest BCUT2D eigenvalue weighted by atomic mass is 10.2. The molecule has 2 fully saturated rings. The molecule has 2 N–H and O–H groups in total. The maximum absolute atomic E-state index is 12.6. The van der Waals surface area contributed by atoms with Crippen molar-refractivity contribution in [2.24, 2.45) is 0 Å². The molecular weight excluding hydrogens is 348 g/mol. The molecule has 1 aromatic rings. The van der Waals surface area contributed by atoms with Crippen LogP contribution in [0.15, 0.2) is 29.2 Å². The first-order chi connectivity index (χ1) is 11.9. The Hall–Kier alpha value is -2.13. The number of nitrogens with one attached hydrogen (secondary N) is 1. The molecule has 8 nitrogen and oxygen atoms in total. The minimum Gasteiger partial charge on any atom is -0.484 e. The van der Waals surface area contributed by atoms with Crippen LogP contribution in [0, 0.1) is 0 Å². The molecule has 0 aromatic heterocycles. The first kappa shape index (κ1) is 17.7. The summed E-state index contributed by atoms with van der Waals surface area (Å²) in [7, 11) is -3.87. The molecule has 0 spiro atoms. The summed E-state index contributed by atoms with van der Waals surface area (Å²) < 4.78 is 31.6. The zero-order valence-electron chi connectivity index (χ0n) is 13.6. The van der Waals surface area contributed by atoms with Crippen LogP contribution in [0.1, 0.15) is 25.7 Å². The van der Waals surface area contributed by atoms with Gasteiger partial charge in [-0.3, -0.25) is 9.59 Å². The average Bonchev–Trinajstić information content (AvgIpc) is 3.23. The highest BCUT2D eigenvalue weighted by atomic mass is 32.2. The van der Waals surface area contributed by atoms with Crippen LogP contribution < -0.4 is 10.1 Å². The maximum atomic E-state index is 12.6. The lowest BCUT2D eigenvalue weighted by molar-refractivity contribution is -0.140. The van der Waals surface area contributed by atoms with Gasteiger partial charge in [-0.25, -0.2) is 8.42 Å². The van der Waals surface area contributed by atoms with Gasteiger partial charge < -0.3 is 15.2 Å². The molecule has 1 atom stereocenters. The standard InChI is InChI=1S/C16H20N2O6S/c19-15(17-11-3-4-11)10-24-12-5-7-13(8-6-12)25(22,23)18-9-1-2-14(18)16(20)21/h5-8,11,14H,1-4,9-10H2,(H,17,19)(H,20,21)/t14-/m0/s1. The lowest BCUT2D eigenvalue weighted by Crippen LogP contribution is -2.40. The molecule has 136 valence electrons. The summed E-state index contributed by atoms with van der Waals surface area (Å²) in [5.41, 5.74) is 0. The fraction of sp³-hybridized carbons (Fsp3) is 0.500. The minimum atomic E-state index is -3.87. The summed E-state index contributed by atoms with van der Waals surface area (Å²) in [4.78, 5) is 22.8. The molecule has 1 aromatic carbocycles. The molecule has 3 rings (SSSR count). The highest BCUT2D eigenvalue weighted by Crippen LogP contribution is 2.27. The van der Waals surface area contributed by atoms with Crippen molar-refractivity contribution in [3.63, 3.8) is 0 Å². The number of carbonyl (C=O) groups is 2. The Labute approximate surface area is 145 Å². The summed E-state index contributed by atoms with van der Waals surface area (Å²) in [5, 5.41) is 12.0. The molecule has 25 heavy (non-hydrogen) atoms. The fourth-order valence-electron chi connectivity index (χ4n) is 2.76. The number of ether oxygens (including phenoxy) is 1. The SMILES string of the molecule is O=C(COc1ccc(S(=O)(=O)N2CCC[C@H]2C(=O)O)cc1)NC1CC1. The number of hydrogen-bond donors (Lipinski definition) is 2. The van der Waals surface area contributed by atoms with E-state index in [0.29, 0.717) is 18.6 Å².